The first kappa shape index (κ1) is 20.1. The molecule has 1 heterocycles. The van der Waals surface area contributed by atoms with Gasteiger partial charge in [-0.05, 0) is 62.8 Å². The van der Waals surface area contributed by atoms with Crippen LogP contribution in [0.1, 0.15) is 26.3 Å². The first-order chi connectivity index (χ1) is 12.8. The first-order valence-electron chi connectivity index (χ1n) is 8.50. The lowest BCUT2D eigenvalue weighted by molar-refractivity contribution is -0.111. The summed E-state index contributed by atoms with van der Waals surface area (Å²) in [5.74, 6) is -0.0234. The van der Waals surface area contributed by atoms with Crippen molar-refractivity contribution >= 4 is 11.9 Å². The number of hydrogen-bond acceptors (Lipinski definition) is 5. The second kappa shape index (κ2) is 8.45. The number of ketones is 1. The van der Waals surface area contributed by atoms with Crippen molar-refractivity contribution in [3.63, 3.8) is 0 Å². The highest BCUT2D eigenvalue weighted by atomic mass is 16.5. The Morgan fingerprint density at radius 1 is 1.22 bits per heavy atom. The summed E-state index contributed by atoms with van der Waals surface area (Å²) in [6.07, 6.45) is 9.41. The van der Waals surface area contributed by atoms with Crippen molar-refractivity contribution in [3.8, 4) is 5.75 Å². The van der Waals surface area contributed by atoms with E-state index in [0.717, 1.165) is 5.56 Å². The van der Waals surface area contributed by atoms with Gasteiger partial charge in [-0.3, -0.25) is 4.79 Å². The number of allylic oxidation sites excluding steroid dienone is 4. The van der Waals surface area contributed by atoms with Crippen molar-refractivity contribution in [2.45, 2.75) is 26.4 Å². The van der Waals surface area contributed by atoms with E-state index >= 15 is 0 Å². The number of phenolic OH excluding ortho intramolecular Hbond substituents is 1. The van der Waals surface area contributed by atoms with Gasteiger partial charge in [0.2, 0.25) is 0 Å². The Labute approximate surface area is 159 Å². The van der Waals surface area contributed by atoms with Gasteiger partial charge in [0, 0.05) is 0 Å². The van der Waals surface area contributed by atoms with Crippen molar-refractivity contribution < 1.29 is 24.5 Å². The van der Waals surface area contributed by atoms with E-state index in [9.17, 15) is 15.0 Å². The monoisotopic (exact) mass is 368 g/mol. The fraction of sp³-hybridized carbons (Fsp3) is 0.227. The van der Waals surface area contributed by atoms with Gasteiger partial charge in [-0.2, -0.15) is 0 Å². The lowest BCUT2D eigenvalue weighted by Crippen LogP contribution is -2.25. The van der Waals surface area contributed by atoms with Crippen LogP contribution in [0.4, 0.5) is 0 Å². The predicted octanol–water partition coefficient (Wildman–Crippen LogP) is 4.59. The molecule has 0 saturated carbocycles. The normalized spacial score (nSPS) is 19.9. The lowest BCUT2D eigenvalue weighted by Gasteiger charge is -2.29. The molecule has 1 aliphatic rings. The topological polar surface area (TPSA) is 76.0 Å². The standard InChI is InChI=1S/C22H24O5/c1-5-20-17(12-13-22(2,3)27-20)21(25)18(14-26-4)19(24)11-8-15-6-9-16(23)10-7-15/h5-14,23,25H,1-4H3/b11-8+,18-14+,20-5+,21-17+. The molecule has 0 unspecified atom stereocenters. The van der Waals surface area contributed by atoms with Crippen LogP contribution >= 0.6 is 0 Å². The Balaban J connectivity index is 2.37. The number of hydrogen-bond donors (Lipinski definition) is 2. The van der Waals surface area contributed by atoms with E-state index in [0.29, 0.717) is 11.3 Å². The molecule has 0 amide bonds. The minimum atomic E-state index is -0.500. The molecule has 2 rings (SSSR count). The average molecular weight is 368 g/mol. The van der Waals surface area contributed by atoms with Gasteiger partial charge >= 0.3 is 0 Å². The van der Waals surface area contributed by atoms with Gasteiger partial charge in [0.15, 0.2) is 5.78 Å². The summed E-state index contributed by atoms with van der Waals surface area (Å²) in [7, 11) is 1.40. The van der Waals surface area contributed by atoms with Crippen LogP contribution in [0.5, 0.6) is 5.75 Å². The molecule has 27 heavy (non-hydrogen) atoms. The van der Waals surface area contributed by atoms with Crippen LogP contribution in [0.3, 0.4) is 0 Å². The molecule has 5 heteroatoms. The van der Waals surface area contributed by atoms with Gasteiger partial charge in [0.1, 0.15) is 22.9 Å². The summed E-state index contributed by atoms with van der Waals surface area (Å²) >= 11 is 0. The molecule has 0 atom stereocenters. The quantitative estimate of drug-likeness (QED) is 0.587. The number of rotatable bonds is 5. The highest BCUT2D eigenvalue weighted by molar-refractivity contribution is 6.09. The summed E-state index contributed by atoms with van der Waals surface area (Å²) < 4.78 is 10.8. The molecule has 2 N–H and O–H groups in total. The number of ether oxygens (including phenoxy) is 2. The molecular formula is C22H24O5. The molecule has 0 bridgehead atoms. The number of methoxy groups -OCH3 is 1. The van der Waals surface area contributed by atoms with E-state index in [-0.39, 0.29) is 17.1 Å². The van der Waals surface area contributed by atoms with Crippen LogP contribution in [-0.4, -0.2) is 28.7 Å². The van der Waals surface area contributed by atoms with Crippen LogP contribution < -0.4 is 0 Å². The van der Waals surface area contributed by atoms with Crippen molar-refractivity contribution in [1.82, 2.24) is 0 Å². The molecular weight excluding hydrogens is 344 g/mol. The van der Waals surface area contributed by atoms with Crippen molar-refractivity contribution in [2.75, 3.05) is 7.11 Å². The summed E-state index contributed by atoms with van der Waals surface area (Å²) in [5.41, 5.74) is 0.655. The molecule has 0 saturated heterocycles. The molecule has 5 nitrogen and oxygen atoms in total. The zero-order valence-corrected chi connectivity index (χ0v) is 15.9. The molecule has 0 spiro atoms. The van der Waals surface area contributed by atoms with Crippen LogP contribution in [0.2, 0.25) is 0 Å². The van der Waals surface area contributed by atoms with E-state index in [1.54, 1.807) is 37.3 Å². The van der Waals surface area contributed by atoms with E-state index in [1.165, 1.54) is 31.6 Å². The van der Waals surface area contributed by atoms with E-state index in [4.69, 9.17) is 9.47 Å². The summed E-state index contributed by atoms with van der Waals surface area (Å²) in [6.45, 7) is 5.60. The van der Waals surface area contributed by atoms with Crippen LogP contribution in [0, 0.1) is 0 Å². The number of aromatic hydroxyl groups is 1. The number of aliphatic hydroxyl groups is 1. The molecule has 1 aliphatic heterocycles. The van der Waals surface area contributed by atoms with Crippen molar-refractivity contribution in [1.29, 1.82) is 0 Å². The Morgan fingerprint density at radius 2 is 1.89 bits per heavy atom. The van der Waals surface area contributed by atoms with Gasteiger partial charge in [0.05, 0.1) is 24.5 Å². The Bertz CT molecular complexity index is 849. The van der Waals surface area contributed by atoms with E-state index in [2.05, 4.69) is 0 Å². The van der Waals surface area contributed by atoms with Gasteiger partial charge in [0.25, 0.3) is 0 Å². The van der Waals surface area contributed by atoms with Gasteiger partial charge in [-0.1, -0.05) is 18.2 Å². The van der Waals surface area contributed by atoms with E-state index in [1.807, 2.05) is 19.9 Å². The number of aliphatic hydroxyl groups excluding tert-OH is 1. The molecule has 0 fully saturated rings. The SMILES string of the molecule is C/C=C1/OC(C)(C)C=C/C1=C(O)/C(=C/OC)C(=O)/C=C/c1ccc(O)cc1. The first-order valence-corrected chi connectivity index (χ1v) is 8.50. The minimum Gasteiger partial charge on any atom is -0.508 e. The molecule has 1 aromatic carbocycles. The average Bonchev–Trinajstić information content (AvgIpc) is 2.64. The van der Waals surface area contributed by atoms with Crippen LogP contribution in [-0.2, 0) is 14.3 Å². The fourth-order valence-corrected chi connectivity index (χ4v) is 2.49. The van der Waals surface area contributed by atoms with Gasteiger partial charge in [-0.15, -0.1) is 0 Å². The molecule has 1 aromatic rings. The Morgan fingerprint density at radius 3 is 2.48 bits per heavy atom. The third-order valence-corrected chi connectivity index (χ3v) is 3.88. The van der Waals surface area contributed by atoms with Crippen molar-refractivity contribution in [3.05, 3.63) is 83.1 Å². The second-order valence-corrected chi connectivity index (χ2v) is 6.51. The summed E-state index contributed by atoms with van der Waals surface area (Å²) in [6, 6.07) is 6.41. The second-order valence-electron chi connectivity index (χ2n) is 6.51. The van der Waals surface area contributed by atoms with Gasteiger partial charge < -0.3 is 19.7 Å². The minimum absolute atomic E-state index is 0.00911. The Kier molecular flexibility index (Phi) is 6.29. The highest BCUT2D eigenvalue weighted by Crippen LogP contribution is 2.32. The zero-order valence-electron chi connectivity index (χ0n) is 15.9. The number of carbonyl (C=O) groups excluding carboxylic acids is 1. The lowest BCUT2D eigenvalue weighted by atomic mass is 9.97. The molecule has 142 valence electrons. The summed E-state index contributed by atoms with van der Waals surface area (Å²) in [4.78, 5) is 12.6. The number of benzene rings is 1. The maximum atomic E-state index is 12.6. The third-order valence-electron chi connectivity index (χ3n) is 3.88. The van der Waals surface area contributed by atoms with Crippen LogP contribution in [0.25, 0.3) is 6.08 Å². The van der Waals surface area contributed by atoms with Crippen LogP contribution in [0.15, 0.2) is 77.5 Å². The van der Waals surface area contributed by atoms with Crippen molar-refractivity contribution in [2.24, 2.45) is 0 Å². The third kappa shape index (κ3) is 5.14. The summed E-state index contributed by atoms with van der Waals surface area (Å²) in [5, 5.41) is 20.0. The zero-order chi connectivity index (χ0) is 20.0. The molecule has 0 radical (unpaired) electrons. The number of carbonyl (C=O) groups is 1. The fourth-order valence-electron chi connectivity index (χ4n) is 2.49. The predicted molar refractivity (Wildman–Crippen MR) is 105 cm³/mol. The molecule has 0 aliphatic carbocycles. The Hall–Kier alpha value is -3.21. The molecule has 0 aromatic heterocycles. The maximum Gasteiger partial charge on any atom is 0.192 e. The largest absolute Gasteiger partial charge is 0.508 e. The number of phenols is 1. The maximum absolute atomic E-state index is 12.6. The smallest absolute Gasteiger partial charge is 0.192 e. The van der Waals surface area contributed by atoms with Gasteiger partial charge in [-0.25, -0.2) is 0 Å². The highest BCUT2D eigenvalue weighted by Gasteiger charge is 2.27. The van der Waals surface area contributed by atoms with E-state index < -0.39 is 11.4 Å².